The van der Waals surface area contributed by atoms with E-state index < -0.39 is 0 Å². The SMILES string of the molecule is [C-]#[N+]c1cc2c3c(c1)B(c1ccccc1)c1cc(C#N)cc4c1N3c1c(cc(C#N)cc1S2)S4. The van der Waals surface area contributed by atoms with E-state index in [2.05, 4.69) is 34.0 Å². The molecule has 3 heterocycles. The monoisotopic (exact) mass is 466 g/mol. The van der Waals surface area contributed by atoms with Gasteiger partial charge in [0.25, 0.3) is 0 Å². The van der Waals surface area contributed by atoms with E-state index >= 15 is 0 Å². The molecule has 4 aromatic carbocycles. The van der Waals surface area contributed by atoms with Gasteiger partial charge in [-0.05, 0) is 35.8 Å². The summed E-state index contributed by atoms with van der Waals surface area (Å²) in [4.78, 5) is 10.2. The van der Waals surface area contributed by atoms with Crippen LogP contribution in [-0.4, -0.2) is 6.71 Å². The zero-order valence-corrected chi connectivity index (χ0v) is 19.2. The van der Waals surface area contributed by atoms with Crippen molar-refractivity contribution in [2.24, 2.45) is 0 Å². The van der Waals surface area contributed by atoms with Gasteiger partial charge in [0.2, 0.25) is 6.71 Å². The molecule has 0 aromatic heterocycles. The van der Waals surface area contributed by atoms with Crippen molar-refractivity contribution in [3.05, 3.63) is 89.3 Å². The fourth-order valence-corrected chi connectivity index (χ4v) is 7.70. The second-order valence-electron chi connectivity index (χ2n) is 8.33. The fraction of sp³-hybridized carbons (Fsp3) is 0. The molecule has 0 fully saturated rings. The lowest BCUT2D eigenvalue weighted by Crippen LogP contribution is -2.58. The zero-order chi connectivity index (χ0) is 23.0. The van der Waals surface area contributed by atoms with Gasteiger partial charge in [0, 0.05) is 19.6 Å². The molecule has 3 aliphatic heterocycles. The van der Waals surface area contributed by atoms with Gasteiger partial charge in [-0.15, -0.1) is 0 Å². The van der Waals surface area contributed by atoms with Gasteiger partial charge in [0.15, 0.2) is 5.69 Å². The summed E-state index contributed by atoms with van der Waals surface area (Å²) in [6, 6.07) is 26.7. The van der Waals surface area contributed by atoms with Crippen molar-refractivity contribution in [3.8, 4) is 12.1 Å². The third-order valence-electron chi connectivity index (χ3n) is 6.49. The lowest BCUT2D eigenvalue weighted by atomic mass is 9.35. The second kappa shape index (κ2) is 6.96. The van der Waals surface area contributed by atoms with Crippen LogP contribution in [-0.2, 0) is 0 Å². The second-order valence-corrected chi connectivity index (χ2v) is 10.5. The number of nitriles is 2. The highest BCUT2D eigenvalue weighted by atomic mass is 32.2. The van der Waals surface area contributed by atoms with E-state index in [0.29, 0.717) is 16.8 Å². The molecule has 154 valence electrons. The first-order valence-electron chi connectivity index (χ1n) is 10.6. The van der Waals surface area contributed by atoms with Crippen LogP contribution in [0.2, 0.25) is 0 Å². The van der Waals surface area contributed by atoms with E-state index in [4.69, 9.17) is 6.57 Å². The molecule has 34 heavy (non-hydrogen) atoms. The number of nitrogens with zero attached hydrogens (tertiary/aromatic N) is 4. The molecular weight excluding hydrogens is 455 g/mol. The van der Waals surface area contributed by atoms with Gasteiger partial charge in [0.05, 0.1) is 46.9 Å². The summed E-state index contributed by atoms with van der Waals surface area (Å²) in [5.41, 5.74) is 8.37. The Bertz CT molecular complexity index is 1610. The molecule has 0 aliphatic carbocycles. The fourth-order valence-electron chi connectivity index (χ4n) is 5.21. The van der Waals surface area contributed by atoms with Crippen molar-refractivity contribution in [1.82, 2.24) is 0 Å². The predicted molar refractivity (Wildman–Crippen MR) is 136 cm³/mol. The van der Waals surface area contributed by atoms with Crippen molar-refractivity contribution < 1.29 is 0 Å². The van der Waals surface area contributed by atoms with Crippen LogP contribution in [0, 0.1) is 29.2 Å². The standard InChI is InChI=1S/C27H11BN4S2/c1-31-18-11-20-26-24(12-18)34-23-10-16(14-30)9-22-27(23)32(26)25-19(7-15(13-29)8-21(25)33-22)28(20)17-5-3-2-4-6-17/h2-12H. The van der Waals surface area contributed by atoms with Crippen LogP contribution < -0.4 is 21.3 Å². The maximum absolute atomic E-state index is 9.85. The van der Waals surface area contributed by atoms with Crippen LogP contribution in [0.15, 0.2) is 86.3 Å². The molecule has 3 aliphatic rings. The number of benzene rings is 4. The Labute approximate surface area is 205 Å². The molecule has 4 aromatic rings. The van der Waals surface area contributed by atoms with Gasteiger partial charge in [-0.25, -0.2) is 4.85 Å². The topological polar surface area (TPSA) is 55.2 Å². The molecule has 0 bridgehead atoms. The van der Waals surface area contributed by atoms with Gasteiger partial charge in [-0.2, -0.15) is 10.5 Å². The summed E-state index contributed by atoms with van der Waals surface area (Å²) < 4.78 is 0. The summed E-state index contributed by atoms with van der Waals surface area (Å²) in [7, 11) is 0. The van der Waals surface area contributed by atoms with Crippen LogP contribution in [0.25, 0.3) is 4.85 Å². The number of anilines is 3. The van der Waals surface area contributed by atoms with Crippen molar-refractivity contribution in [1.29, 1.82) is 10.5 Å². The van der Waals surface area contributed by atoms with Crippen LogP contribution in [0.5, 0.6) is 0 Å². The third-order valence-corrected chi connectivity index (χ3v) is 8.61. The molecule has 0 unspecified atom stereocenters. The van der Waals surface area contributed by atoms with E-state index in [-0.39, 0.29) is 6.71 Å². The maximum Gasteiger partial charge on any atom is 0.245 e. The smallest absolute Gasteiger partial charge is 0.245 e. The van der Waals surface area contributed by atoms with E-state index in [9.17, 15) is 10.5 Å². The van der Waals surface area contributed by atoms with E-state index in [0.717, 1.165) is 53.0 Å². The van der Waals surface area contributed by atoms with Crippen molar-refractivity contribution >= 4 is 69.4 Å². The largest absolute Gasteiger partial charge is 0.307 e. The molecule has 0 radical (unpaired) electrons. The van der Waals surface area contributed by atoms with Crippen LogP contribution in [0.1, 0.15) is 11.1 Å². The average molecular weight is 466 g/mol. The highest BCUT2D eigenvalue weighted by Gasteiger charge is 2.44. The lowest BCUT2D eigenvalue weighted by Gasteiger charge is -2.45. The van der Waals surface area contributed by atoms with E-state index in [1.54, 1.807) is 23.5 Å². The molecular formula is C27H11BN4S2. The normalized spacial score (nSPS) is 13.4. The van der Waals surface area contributed by atoms with Gasteiger partial charge < -0.3 is 4.90 Å². The molecule has 0 saturated carbocycles. The molecule has 0 N–H and O–H groups in total. The van der Waals surface area contributed by atoms with Gasteiger partial charge in [-0.3, -0.25) is 0 Å². The number of rotatable bonds is 1. The lowest BCUT2D eigenvalue weighted by molar-refractivity contribution is 1.09. The maximum atomic E-state index is 9.85. The molecule has 0 saturated heterocycles. The Hall–Kier alpha value is -4.09. The summed E-state index contributed by atoms with van der Waals surface area (Å²) in [6.07, 6.45) is 0. The third kappa shape index (κ3) is 2.50. The highest BCUT2D eigenvalue weighted by molar-refractivity contribution is 8.00. The first-order valence-corrected chi connectivity index (χ1v) is 12.3. The minimum absolute atomic E-state index is 0.0855. The molecule has 0 spiro atoms. The molecule has 7 rings (SSSR count). The van der Waals surface area contributed by atoms with Crippen LogP contribution in [0.4, 0.5) is 22.7 Å². The Morgan fingerprint density at radius 3 is 1.91 bits per heavy atom. The Balaban J connectivity index is 1.65. The van der Waals surface area contributed by atoms with Gasteiger partial charge in [-0.1, -0.05) is 70.8 Å². The Morgan fingerprint density at radius 2 is 1.29 bits per heavy atom. The average Bonchev–Trinajstić information content (AvgIpc) is 2.88. The quantitative estimate of drug-likeness (QED) is 0.246. The van der Waals surface area contributed by atoms with Crippen molar-refractivity contribution in [3.63, 3.8) is 0 Å². The van der Waals surface area contributed by atoms with Crippen LogP contribution >= 0.6 is 23.5 Å². The van der Waals surface area contributed by atoms with Crippen molar-refractivity contribution in [2.75, 3.05) is 4.90 Å². The summed E-state index contributed by atoms with van der Waals surface area (Å²) in [5, 5.41) is 19.5. The molecule has 4 nitrogen and oxygen atoms in total. The van der Waals surface area contributed by atoms with E-state index in [1.807, 2.05) is 54.6 Å². The first kappa shape index (κ1) is 19.4. The molecule has 0 atom stereocenters. The Kier molecular flexibility index (Phi) is 3.97. The minimum atomic E-state index is -0.0855. The first-order chi connectivity index (χ1) is 16.7. The summed E-state index contributed by atoms with van der Waals surface area (Å²) in [6.45, 7) is 7.66. The number of hydrogen-bond donors (Lipinski definition) is 0. The van der Waals surface area contributed by atoms with E-state index in [1.165, 1.54) is 0 Å². The minimum Gasteiger partial charge on any atom is -0.307 e. The zero-order valence-electron chi connectivity index (χ0n) is 17.5. The highest BCUT2D eigenvalue weighted by Crippen LogP contribution is 2.60. The van der Waals surface area contributed by atoms with Gasteiger partial charge >= 0.3 is 0 Å². The van der Waals surface area contributed by atoms with Crippen molar-refractivity contribution in [2.45, 2.75) is 19.6 Å². The predicted octanol–water partition coefficient (Wildman–Crippen LogP) is 5.21. The molecule has 0 amide bonds. The van der Waals surface area contributed by atoms with Gasteiger partial charge in [0.1, 0.15) is 0 Å². The molecule has 7 heteroatoms. The summed E-state index contributed by atoms with van der Waals surface area (Å²) >= 11 is 3.26. The number of hydrogen-bond acceptors (Lipinski definition) is 5. The Morgan fingerprint density at radius 1 is 0.735 bits per heavy atom. The summed E-state index contributed by atoms with van der Waals surface area (Å²) in [5.74, 6) is 0. The van der Waals surface area contributed by atoms with Crippen LogP contribution in [0.3, 0.4) is 0 Å².